The van der Waals surface area contributed by atoms with Gasteiger partial charge in [-0.3, -0.25) is 0 Å². The van der Waals surface area contributed by atoms with Crippen LogP contribution in [0.5, 0.6) is 0 Å². The molecule has 0 saturated carbocycles. The van der Waals surface area contributed by atoms with Crippen LogP contribution in [0.25, 0.3) is 12.2 Å². The van der Waals surface area contributed by atoms with E-state index in [1.54, 1.807) is 24.3 Å². The van der Waals surface area contributed by atoms with Gasteiger partial charge in [-0.05, 0) is 109 Å². The first-order valence-corrected chi connectivity index (χ1v) is 21.5. The number of para-hydroxylation sites is 4. The molecule has 0 aromatic heterocycles. The second kappa shape index (κ2) is 19.7. The standard InChI is InChI=1S/C58H48N6O2/c1-57(2,3)55-35-43(45(37-59)38-60)31-51(65-55)29-27-41-33-54(64(49-23-15-9-16-24-49)50-25-17-10-18-26-50)42(28-30-52-32-44(46(39-61)40-62)36-56(66-52)58(4,5)6)34-53(41)63(47-19-11-7-12-20-47)48-21-13-8-14-22-48/h7-36H,1-6H3/b29-27+,30-28+. The van der Waals surface area contributed by atoms with Crippen molar-refractivity contribution in [2.24, 2.45) is 10.8 Å². The first-order valence-electron chi connectivity index (χ1n) is 21.5. The Balaban J connectivity index is 1.54. The van der Waals surface area contributed by atoms with Gasteiger partial charge in [0.2, 0.25) is 0 Å². The summed E-state index contributed by atoms with van der Waals surface area (Å²) >= 11 is 0. The molecule has 8 nitrogen and oxygen atoms in total. The number of rotatable bonds is 10. The summed E-state index contributed by atoms with van der Waals surface area (Å²) in [5.41, 5.74) is 7.05. The van der Waals surface area contributed by atoms with E-state index < -0.39 is 10.8 Å². The maximum absolute atomic E-state index is 9.90. The molecule has 0 bridgehead atoms. The third-order valence-electron chi connectivity index (χ3n) is 10.7. The molecule has 8 heteroatoms. The van der Waals surface area contributed by atoms with E-state index in [1.807, 2.05) is 163 Å². The highest BCUT2D eigenvalue weighted by Gasteiger charge is 2.27. The van der Waals surface area contributed by atoms with Gasteiger partial charge in [0, 0.05) is 55.9 Å². The molecule has 5 aromatic rings. The largest absolute Gasteiger partial charge is 0.461 e. The fourth-order valence-corrected chi connectivity index (χ4v) is 7.31. The van der Waals surface area contributed by atoms with Gasteiger partial charge in [-0.1, -0.05) is 114 Å². The van der Waals surface area contributed by atoms with Gasteiger partial charge in [0.05, 0.1) is 11.4 Å². The number of hydrogen-bond donors (Lipinski definition) is 0. The molecule has 2 aliphatic rings. The molecule has 0 unspecified atom stereocenters. The molecule has 2 heterocycles. The summed E-state index contributed by atoms with van der Waals surface area (Å²) in [6.07, 6.45) is 14.7. The van der Waals surface area contributed by atoms with E-state index in [0.29, 0.717) is 34.2 Å². The number of nitriles is 4. The van der Waals surface area contributed by atoms with Crippen molar-refractivity contribution in [3.05, 3.63) is 226 Å². The summed E-state index contributed by atoms with van der Waals surface area (Å²) in [4.78, 5) is 4.40. The minimum absolute atomic E-state index is 0.00739. The van der Waals surface area contributed by atoms with Gasteiger partial charge in [-0.15, -0.1) is 0 Å². The number of allylic oxidation sites excluding steroid dienone is 12. The molecule has 5 aromatic carbocycles. The third kappa shape index (κ3) is 10.3. The van der Waals surface area contributed by atoms with Crippen LogP contribution >= 0.6 is 0 Å². The first-order chi connectivity index (χ1) is 31.8. The van der Waals surface area contributed by atoms with E-state index in [4.69, 9.17) is 9.47 Å². The lowest BCUT2D eigenvalue weighted by Crippen LogP contribution is -2.16. The Morgan fingerprint density at radius 2 is 0.712 bits per heavy atom. The molecular formula is C58H48N6O2. The van der Waals surface area contributed by atoms with Gasteiger partial charge in [0.15, 0.2) is 0 Å². The summed E-state index contributed by atoms with van der Waals surface area (Å²) < 4.78 is 13.0. The van der Waals surface area contributed by atoms with Gasteiger partial charge in [-0.2, -0.15) is 21.0 Å². The predicted octanol–water partition coefficient (Wildman–Crippen LogP) is 15.0. The Bertz CT molecular complexity index is 2730. The highest BCUT2D eigenvalue weighted by atomic mass is 16.5. The average molecular weight is 861 g/mol. The molecular weight excluding hydrogens is 813 g/mol. The Kier molecular flexibility index (Phi) is 13.5. The van der Waals surface area contributed by atoms with E-state index in [-0.39, 0.29) is 11.1 Å². The van der Waals surface area contributed by atoms with Crippen LogP contribution in [0.15, 0.2) is 215 Å². The number of ether oxygens (including phenoxy) is 2. The van der Waals surface area contributed by atoms with Crippen molar-refractivity contribution in [3.63, 3.8) is 0 Å². The second-order valence-electron chi connectivity index (χ2n) is 17.6. The molecule has 0 aliphatic carbocycles. The van der Waals surface area contributed by atoms with Crippen molar-refractivity contribution in [3.8, 4) is 24.3 Å². The Morgan fingerprint density at radius 3 is 0.970 bits per heavy atom. The number of anilines is 6. The number of nitrogens with zero attached hydrogens (tertiary/aromatic N) is 6. The SMILES string of the molecule is CC(C)(C)C1=CC(=C(C#N)C#N)C=C(/C=C/c2cc(N(c3ccccc3)c3ccccc3)c(/C=C/C3=CC(=C(C#N)C#N)C=C(C(C)(C)C)O3)cc2N(c2ccccc2)c2ccccc2)O1. The van der Waals surface area contributed by atoms with Crippen LogP contribution in [0, 0.1) is 56.2 Å². The summed E-state index contributed by atoms with van der Waals surface area (Å²) in [7, 11) is 0. The molecule has 0 N–H and O–H groups in total. The third-order valence-corrected chi connectivity index (χ3v) is 10.7. The Morgan fingerprint density at radius 1 is 0.424 bits per heavy atom. The normalized spacial score (nSPS) is 13.7. The quantitative estimate of drug-likeness (QED) is 0.127. The van der Waals surface area contributed by atoms with Crippen LogP contribution in [0.4, 0.5) is 34.1 Å². The van der Waals surface area contributed by atoms with Crippen LogP contribution < -0.4 is 9.80 Å². The molecule has 7 rings (SSSR count). The van der Waals surface area contributed by atoms with Gasteiger partial charge in [-0.25, -0.2) is 0 Å². The second-order valence-corrected chi connectivity index (χ2v) is 17.6. The number of benzene rings is 5. The van der Waals surface area contributed by atoms with Gasteiger partial charge in [0.25, 0.3) is 0 Å². The van der Waals surface area contributed by atoms with Gasteiger partial charge < -0.3 is 19.3 Å². The highest BCUT2D eigenvalue weighted by molar-refractivity contribution is 5.91. The van der Waals surface area contributed by atoms with Crippen molar-refractivity contribution >= 4 is 46.3 Å². The fraction of sp³-hybridized carbons (Fsp3) is 0.138. The molecule has 0 fully saturated rings. The average Bonchev–Trinajstić information content (AvgIpc) is 3.32. The van der Waals surface area contributed by atoms with Crippen molar-refractivity contribution in [1.29, 1.82) is 21.0 Å². The lowest BCUT2D eigenvalue weighted by atomic mass is 9.90. The molecule has 2 aliphatic heterocycles. The summed E-state index contributed by atoms with van der Waals surface area (Å²) in [6, 6.07) is 53.0. The topological polar surface area (TPSA) is 120 Å². The molecule has 0 radical (unpaired) electrons. The smallest absolute Gasteiger partial charge is 0.137 e. The van der Waals surface area contributed by atoms with E-state index in [0.717, 1.165) is 45.3 Å². The van der Waals surface area contributed by atoms with Crippen molar-refractivity contribution in [2.45, 2.75) is 41.5 Å². The fourth-order valence-electron chi connectivity index (χ4n) is 7.31. The van der Waals surface area contributed by atoms with Crippen LogP contribution in [-0.4, -0.2) is 0 Å². The van der Waals surface area contributed by atoms with E-state index in [1.165, 1.54) is 0 Å². The van der Waals surface area contributed by atoms with Crippen LogP contribution in [0.3, 0.4) is 0 Å². The monoisotopic (exact) mass is 860 g/mol. The van der Waals surface area contributed by atoms with E-state index in [2.05, 4.69) is 70.5 Å². The van der Waals surface area contributed by atoms with Crippen LogP contribution in [0.2, 0.25) is 0 Å². The molecule has 0 spiro atoms. The van der Waals surface area contributed by atoms with Gasteiger partial charge >= 0.3 is 0 Å². The predicted molar refractivity (Wildman–Crippen MR) is 264 cm³/mol. The minimum Gasteiger partial charge on any atom is -0.461 e. The maximum atomic E-state index is 9.90. The molecule has 66 heavy (non-hydrogen) atoms. The Hall–Kier alpha value is -8.82. The summed E-state index contributed by atoms with van der Waals surface area (Å²) in [5, 5.41) is 39.6. The zero-order valence-electron chi connectivity index (χ0n) is 37.8. The summed E-state index contributed by atoms with van der Waals surface area (Å²) in [5.74, 6) is 2.18. The zero-order valence-corrected chi connectivity index (χ0v) is 37.8. The van der Waals surface area contributed by atoms with E-state index >= 15 is 0 Å². The molecule has 0 atom stereocenters. The first kappa shape index (κ1) is 45.2. The lowest BCUT2D eigenvalue weighted by Gasteiger charge is -2.31. The van der Waals surface area contributed by atoms with Crippen molar-refractivity contribution < 1.29 is 9.47 Å². The van der Waals surface area contributed by atoms with Crippen LogP contribution in [-0.2, 0) is 9.47 Å². The lowest BCUT2D eigenvalue weighted by molar-refractivity contribution is 0.223. The van der Waals surface area contributed by atoms with Crippen LogP contribution in [0.1, 0.15) is 52.7 Å². The summed E-state index contributed by atoms with van der Waals surface area (Å²) in [6.45, 7) is 12.1. The Labute approximate surface area is 388 Å². The van der Waals surface area contributed by atoms with Gasteiger partial charge in [0.1, 0.15) is 58.5 Å². The zero-order chi connectivity index (χ0) is 46.8. The highest BCUT2D eigenvalue weighted by Crippen LogP contribution is 2.45. The molecule has 0 saturated heterocycles. The maximum Gasteiger partial charge on any atom is 0.137 e. The van der Waals surface area contributed by atoms with Crippen molar-refractivity contribution in [1.82, 2.24) is 0 Å². The van der Waals surface area contributed by atoms with E-state index in [9.17, 15) is 21.0 Å². The molecule has 0 amide bonds. The van der Waals surface area contributed by atoms with Crippen molar-refractivity contribution in [2.75, 3.05) is 9.80 Å². The number of hydrogen-bond acceptors (Lipinski definition) is 8. The minimum atomic E-state index is -0.424. The molecule has 322 valence electrons.